The molecular formula is C8H15N3OS. The highest BCUT2D eigenvalue weighted by atomic mass is 32.1. The highest BCUT2D eigenvalue weighted by Crippen LogP contribution is 2.00. The highest BCUT2D eigenvalue weighted by molar-refractivity contribution is 7.71. The lowest BCUT2D eigenvalue weighted by Gasteiger charge is -2.03. The number of nitrogens with zero attached hydrogens (tertiary/aromatic N) is 2. The predicted octanol–water partition coefficient (Wildman–Crippen LogP) is 1.54. The first-order valence-corrected chi connectivity index (χ1v) is 4.83. The smallest absolute Gasteiger partial charge is 0.195 e. The van der Waals surface area contributed by atoms with E-state index in [1.165, 1.54) is 0 Å². The van der Waals surface area contributed by atoms with E-state index < -0.39 is 0 Å². The van der Waals surface area contributed by atoms with Crippen molar-refractivity contribution >= 4 is 12.2 Å². The van der Waals surface area contributed by atoms with Crippen LogP contribution in [0.15, 0.2) is 0 Å². The van der Waals surface area contributed by atoms with Crippen molar-refractivity contribution < 1.29 is 4.74 Å². The van der Waals surface area contributed by atoms with Crippen molar-refractivity contribution in [2.75, 3.05) is 13.7 Å². The molecule has 0 unspecified atom stereocenters. The third-order valence-corrected chi connectivity index (χ3v) is 2.13. The number of H-pyrrole nitrogens is 1. The van der Waals surface area contributed by atoms with Gasteiger partial charge in [0.2, 0.25) is 0 Å². The molecule has 0 amide bonds. The Kier molecular flexibility index (Phi) is 4.11. The van der Waals surface area contributed by atoms with Gasteiger partial charge in [-0.25, -0.2) is 0 Å². The number of rotatable bonds is 5. The van der Waals surface area contributed by atoms with Gasteiger partial charge in [0.05, 0.1) is 6.61 Å². The molecule has 74 valence electrons. The summed E-state index contributed by atoms with van der Waals surface area (Å²) < 4.78 is 7.71. The van der Waals surface area contributed by atoms with Gasteiger partial charge < -0.3 is 9.30 Å². The van der Waals surface area contributed by atoms with Gasteiger partial charge in [-0.3, -0.25) is 5.10 Å². The van der Waals surface area contributed by atoms with E-state index >= 15 is 0 Å². The molecule has 0 radical (unpaired) electrons. The lowest BCUT2D eigenvalue weighted by atomic mass is 10.4. The molecule has 0 aliphatic heterocycles. The SMILES string of the molecule is CCCn1c(CCOC)n[nH]c1=S. The van der Waals surface area contributed by atoms with Crippen molar-refractivity contribution in [3.05, 3.63) is 10.6 Å². The minimum atomic E-state index is 0.684. The predicted molar refractivity (Wildman–Crippen MR) is 53.3 cm³/mol. The van der Waals surface area contributed by atoms with Crippen LogP contribution in [0.5, 0.6) is 0 Å². The van der Waals surface area contributed by atoms with Crippen LogP contribution in [0.1, 0.15) is 19.2 Å². The van der Waals surface area contributed by atoms with E-state index in [4.69, 9.17) is 17.0 Å². The second kappa shape index (κ2) is 5.14. The normalized spacial score (nSPS) is 10.6. The Hall–Kier alpha value is -0.680. The van der Waals surface area contributed by atoms with Crippen LogP contribution in [0.25, 0.3) is 0 Å². The zero-order valence-electron chi connectivity index (χ0n) is 8.04. The summed E-state index contributed by atoms with van der Waals surface area (Å²) in [7, 11) is 1.69. The molecule has 1 heterocycles. The standard InChI is InChI=1S/C8H15N3OS/c1-3-5-11-7(4-6-12-2)9-10-8(11)13/h3-6H2,1-2H3,(H,10,13). The fourth-order valence-electron chi connectivity index (χ4n) is 1.19. The molecule has 0 atom stereocenters. The molecule has 1 rings (SSSR count). The van der Waals surface area contributed by atoms with E-state index in [0.717, 1.165) is 25.2 Å². The number of aromatic amines is 1. The molecule has 0 aromatic carbocycles. The molecule has 5 heteroatoms. The molecule has 0 bridgehead atoms. The van der Waals surface area contributed by atoms with Crippen LogP contribution in [0.4, 0.5) is 0 Å². The van der Waals surface area contributed by atoms with Gasteiger partial charge in [0, 0.05) is 20.1 Å². The summed E-state index contributed by atoms with van der Waals surface area (Å²) in [5.41, 5.74) is 0. The number of aromatic nitrogens is 3. The zero-order valence-corrected chi connectivity index (χ0v) is 8.86. The number of nitrogens with one attached hydrogen (secondary N) is 1. The average Bonchev–Trinajstić information content (AvgIpc) is 2.46. The van der Waals surface area contributed by atoms with Gasteiger partial charge in [-0.05, 0) is 18.6 Å². The Labute approximate surface area is 82.9 Å². The quantitative estimate of drug-likeness (QED) is 0.735. The second-order valence-corrected chi connectivity index (χ2v) is 3.23. The molecule has 0 spiro atoms. The first-order valence-electron chi connectivity index (χ1n) is 4.42. The Bertz CT molecular complexity index is 305. The van der Waals surface area contributed by atoms with Crippen molar-refractivity contribution in [3.63, 3.8) is 0 Å². The summed E-state index contributed by atoms with van der Waals surface area (Å²) in [4.78, 5) is 0. The van der Waals surface area contributed by atoms with E-state index in [1.54, 1.807) is 7.11 Å². The number of hydrogen-bond donors (Lipinski definition) is 1. The van der Waals surface area contributed by atoms with Crippen LogP contribution in [-0.2, 0) is 17.7 Å². The summed E-state index contributed by atoms with van der Waals surface area (Å²) in [6, 6.07) is 0. The molecule has 0 saturated carbocycles. The van der Waals surface area contributed by atoms with Gasteiger partial charge in [-0.2, -0.15) is 5.10 Å². The van der Waals surface area contributed by atoms with Crippen LogP contribution in [-0.4, -0.2) is 28.5 Å². The molecule has 0 fully saturated rings. The van der Waals surface area contributed by atoms with Crippen molar-refractivity contribution in [1.29, 1.82) is 0 Å². The molecule has 0 saturated heterocycles. The largest absolute Gasteiger partial charge is 0.384 e. The molecule has 1 aromatic rings. The third kappa shape index (κ3) is 2.63. The Balaban J connectivity index is 2.74. The Morgan fingerprint density at radius 2 is 2.38 bits per heavy atom. The number of ether oxygens (including phenoxy) is 1. The summed E-state index contributed by atoms with van der Waals surface area (Å²) in [5.74, 6) is 0.980. The molecule has 0 aliphatic carbocycles. The minimum Gasteiger partial charge on any atom is -0.384 e. The van der Waals surface area contributed by atoms with Crippen LogP contribution < -0.4 is 0 Å². The number of methoxy groups -OCH3 is 1. The van der Waals surface area contributed by atoms with Crippen molar-refractivity contribution in [2.45, 2.75) is 26.3 Å². The monoisotopic (exact) mass is 201 g/mol. The molecule has 1 aromatic heterocycles. The van der Waals surface area contributed by atoms with Gasteiger partial charge in [0.25, 0.3) is 0 Å². The first kappa shape index (κ1) is 10.4. The maximum absolute atomic E-state index is 5.09. The average molecular weight is 201 g/mol. The van der Waals surface area contributed by atoms with Gasteiger partial charge >= 0.3 is 0 Å². The maximum atomic E-state index is 5.09. The summed E-state index contributed by atoms with van der Waals surface area (Å²) in [6.45, 7) is 3.73. The molecule has 13 heavy (non-hydrogen) atoms. The lowest BCUT2D eigenvalue weighted by molar-refractivity contribution is 0.199. The van der Waals surface area contributed by atoms with Crippen molar-refractivity contribution in [2.24, 2.45) is 0 Å². The van der Waals surface area contributed by atoms with Gasteiger partial charge in [-0.15, -0.1) is 0 Å². The molecular weight excluding hydrogens is 186 g/mol. The van der Waals surface area contributed by atoms with Crippen LogP contribution in [0.2, 0.25) is 0 Å². The fourth-order valence-corrected chi connectivity index (χ4v) is 1.43. The van der Waals surface area contributed by atoms with Gasteiger partial charge in [0.15, 0.2) is 4.77 Å². The minimum absolute atomic E-state index is 0.684. The van der Waals surface area contributed by atoms with Crippen molar-refractivity contribution in [1.82, 2.24) is 14.8 Å². The number of hydrogen-bond acceptors (Lipinski definition) is 3. The van der Waals surface area contributed by atoms with Crippen LogP contribution in [0.3, 0.4) is 0 Å². The van der Waals surface area contributed by atoms with Crippen molar-refractivity contribution in [3.8, 4) is 0 Å². The van der Waals surface area contributed by atoms with E-state index in [1.807, 2.05) is 4.57 Å². The van der Waals surface area contributed by atoms with Gasteiger partial charge in [-0.1, -0.05) is 6.92 Å². The Morgan fingerprint density at radius 1 is 1.62 bits per heavy atom. The van der Waals surface area contributed by atoms with E-state index in [-0.39, 0.29) is 0 Å². The van der Waals surface area contributed by atoms with E-state index in [9.17, 15) is 0 Å². The maximum Gasteiger partial charge on any atom is 0.195 e. The summed E-state index contributed by atoms with van der Waals surface area (Å²) >= 11 is 5.09. The van der Waals surface area contributed by atoms with Gasteiger partial charge in [0.1, 0.15) is 5.82 Å². The van der Waals surface area contributed by atoms with E-state index in [0.29, 0.717) is 11.4 Å². The lowest BCUT2D eigenvalue weighted by Crippen LogP contribution is -2.06. The fraction of sp³-hybridized carbons (Fsp3) is 0.750. The zero-order chi connectivity index (χ0) is 9.68. The van der Waals surface area contributed by atoms with E-state index in [2.05, 4.69) is 17.1 Å². The molecule has 4 nitrogen and oxygen atoms in total. The highest BCUT2D eigenvalue weighted by Gasteiger charge is 2.03. The third-order valence-electron chi connectivity index (χ3n) is 1.81. The molecule has 0 aliphatic rings. The van der Waals surface area contributed by atoms with Crippen LogP contribution >= 0.6 is 12.2 Å². The first-order chi connectivity index (χ1) is 6.29. The topological polar surface area (TPSA) is 42.8 Å². The second-order valence-electron chi connectivity index (χ2n) is 2.84. The molecule has 1 N–H and O–H groups in total. The summed E-state index contributed by atoms with van der Waals surface area (Å²) in [5, 5.41) is 6.93. The Morgan fingerprint density at radius 3 is 3.00 bits per heavy atom. The summed E-state index contributed by atoms with van der Waals surface area (Å²) in [6.07, 6.45) is 1.87. The van der Waals surface area contributed by atoms with Crippen LogP contribution in [0, 0.1) is 4.77 Å².